The van der Waals surface area contributed by atoms with Crippen LogP contribution in [0.5, 0.6) is 5.75 Å². The Labute approximate surface area is 118 Å². The summed E-state index contributed by atoms with van der Waals surface area (Å²) in [6, 6.07) is 8.77. The van der Waals surface area contributed by atoms with Crippen molar-refractivity contribution in [1.29, 1.82) is 5.26 Å². The number of rotatable bonds is 4. The number of hydrogen-bond acceptors (Lipinski definition) is 4. The molecule has 1 saturated heterocycles. The molecule has 0 bridgehead atoms. The van der Waals surface area contributed by atoms with Crippen LogP contribution in [0, 0.1) is 11.3 Å². The summed E-state index contributed by atoms with van der Waals surface area (Å²) in [7, 11) is 0. The van der Waals surface area contributed by atoms with Gasteiger partial charge in [0, 0.05) is 6.54 Å². The van der Waals surface area contributed by atoms with E-state index < -0.39 is 6.10 Å². The van der Waals surface area contributed by atoms with Gasteiger partial charge in [-0.2, -0.15) is 5.26 Å². The zero-order valence-electron chi connectivity index (χ0n) is 11.5. The lowest BCUT2D eigenvalue weighted by Gasteiger charge is -2.26. The van der Waals surface area contributed by atoms with Crippen molar-refractivity contribution in [3.05, 3.63) is 29.8 Å². The molecule has 1 amide bonds. The zero-order chi connectivity index (χ0) is 14.5. The highest BCUT2D eigenvalue weighted by molar-refractivity contribution is 5.81. The number of amides is 1. The van der Waals surface area contributed by atoms with Crippen LogP contribution in [0.15, 0.2) is 24.3 Å². The Bertz CT molecular complexity index is 524. The average molecular weight is 274 g/mol. The standard InChI is InChI=1S/C15H18N2O3/c1-11(15(19)17-8-4-6-13(17)10-18)20-14-7-3-2-5-12(14)9-16/h2-3,5,7,11,13,18H,4,6,8,10H2,1H3/t11?,13-/m1/s1. The predicted octanol–water partition coefficient (Wildman–Crippen LogP) is 1.31. The minimum Gasteiger partial charge on any atom is -0.480 e. The fraction of sp³-hybridized carbons (Fsp3) is 0.467. The average Bonchev–Trinajstić information content (AvgIpc) is 2.95. The van der Waals surface area contributed by atoms with Gasteiger partial charge in [0.1, 0.15) is 11.8 Å². The molecule has 5 heteroatoms. The first-order valence-corrected chi connectivity index (χ1v) is 6.74. The highest BCUT2D eigenvalue weighted by Gasteiger charge is 2.31. The fourth-order valence-electron chi connectivity index (χ4n) is 2.45. The number of likely N-dealkylation sites (tertiary alicyclic amines) is 1. The molecule has 0 aromatic heterocycles. The van der Waals surface area contributed by atoms with Gasteiger partial charge in [-0.3, -0.25) is 4.79 Å². The summed E-state index contributed by atoms with van der Waals surface area (Å²) in [5.41, 5.74) is 0.410. The molecule has 0 aliphatic carbocycles. The molecule has 5 nitrogen and oxygen atoms in total. The number of nitriles is 1. The first-order chi connectivity index (χ1) is 9.67. The Morgan fingerprint density at radius 2 is 2.35 bits per heavy atom. The number of hydrogen-bond donors (Lipinski definition) is 1. The molecule has 1 aliphatic rings. The summed E-state index contributed by atoms with van der Waals surface area (Å²) in [6.45, 7) is 2.30. The van der Waals surface area contributed by atoms with E-state index >= 15 is 0 Å². The van der Waals surface area contributed by atoms with Crippen LogP contribution in [0.1, 0.15) is 25.3 Å². The quantitative estimate of drug-likeness (QED) is 0.898. The summed E-state index contributed by atoms with van der Waals surface area (Å²) in [6.07, 6.45) is 1.05. The molecule has 1 aromatic carbocycles. The van der Waals surface area contributed by atoms with Crippen LogP contribution in [-0.4, -0.2) is 41.2 Å². The fourth-order valence-corrected chi connectivity index (χ4v) is 2.45. The number of aliphatic hydroxyl groups excluding tert-OH is 1. The zero-order valence-corrected chi connectivity index (χ0v) is 11.5. The number of carbonyl (C=O) groups excluding carboxylic acids is 1. The molecule has 1 aromatic rings. The van der Waals surface area contributed by atoms with Crippen LogP contribution in [0.2, 0.25) is 0 Å². The Kier molecular flexibility index (Phi) is 4.59. The number of aliphatic hydroxyl groups is 1. The molecule has 1 unspecified atom stereocenters. The first-order valence-electron chi connectivity index (χ1n) is 6.74. The van der Waals surface area contributed by atoms with Gasteiger partial charge in [0.05, 0.1) is 18.2 Å². The number of carbonyl (C=O) groups is 1. The summed E-state index contributed by atoms with van der Waals surface area (Å²) in [4.78, 5) is 14.0. The molecule has 1 aliphatic heterocycles. The Morgan fingerprint density at radius 1 is 1.60 bits per heavy atom. The molecule has 0 saturated carbocycles. The number of nitrogens with zero attached hydrogens (tertiary/aromatic N) is 2. The van der Waals surface area contributed by atoms with Crippen molar-refractivity contribution in [2.24, 2.45) is 0 Å². The maximum Gasteiger partial charge on any atom is 0.263 e. The van der Waals surface area contributed by atoms with Crippen molar-refractivity contribution in [1.82, 2.24) is 4.90 Å². The van der Waals surface area contributed by atoms with Gasteiger partial charge in [0.25, 0.3) is 5.91 Å². The third-order valence-electron chi connectivity index (χ3n) is 3.53. The lowest BCUT2D eigenvalue weighted by Crippen LogP contribution is -2.44. The van der Waals surface area contributed by atoms with E-state index in [1.807, 2.05) is 6.07 Å². The van der Waals surface area contributed by atoms with E-state index in [4.69, 9.17) is 10.00 Å². The third-order valence-corrected chi connectivity index (χ3v) is 3.53. The van der Waals surface area contributed by atoms with E-state index in [9.17, 15) is 9.90 Å². The van der Waals surface area contributed by atoms with Crippen molar-refractivity contribution >= 4 is 5.91 Å². The Morgan fingerprint density at radius 3 is 3.05 bits per heavy atom. The highest BCUT2D eigenvalue weighted by atomic mass is 16.5. The molecular formula is C15H18N2O3. The SMILES string of the molecule is CC(Oc1ccccc1C#N)C(=O)N1CCC[C@@H]1CO. The van der Waals surface area contributed by atoms with Gasteiger partial charge in [-0.15, -0.1) is 0 Å². The normalized spacial score (nSPS) is 19.4. The topological polar surface area (TPSA) is 73.6 Å². The third kappa shape index (κ3) is 2.91. The number of para-hydroxylation sites is 1. The largest absolute Gasteiger partial charge is 0.480 e. The maximum absolute atomic E-state index is 12.3. The molecule has 0 spiro atoms. The number of ether oxygens (including phenoxy) is 1. The van der Waals surface area contributed by atoms with Gasteiger partial charge < -0.3 is 14.7 Å². The van der Waals surface area contributed by atoms with Gasteiger partial charge in [-0.25, -0.2) is 0 Å². The van der Waals surface area contributed by atoms with Crippen molar-refractivity contribution in [3.8, 4) is 11.8 Å². The molecule has 1 fully saturated rings. The smallest absolute Gasteiger partial charge is 0.263 e. The highest BCUT2D eigenvalue weighted by Crippen LogP contribution is 2.22. The molecular weight excluding hydrogens is 256 g/mol. The lowest BCUT2D eigenvalue weighted by molar-refractivity contribution is -0.139. The van der Waals surface area contributed by atoms with Crippen LogP contribution in [0.25, 0.3) is 0 Å². The Hall–Kier alpha value is -2.06. The summed E-state index contributed by atoms with van der Waals surface area (Å²) < 4.78 is 5.61. The van der Waals surface area contributed by atoms with Crippen LogP contribution >= 0.6 is 0 Å². The van der Waals surface area contributed by atoms with Crippen molar-refractivity contribution in [2.75, 3.05) is 13.2 Å². The van der Waals surface area contributed by atoms with E-state index in [2.05, 4.69) is 0 Å². The van der Waals surface area contributed by atoms with Crippen molar-refractivity contribution in [2.45, 2.75) is 31.9 Å². The van der Waals surface area contributed by atoms with E-state index in [0.717, 1.165) is 12.8 Å². The van der Waals surface area contributed by atoms with Crippen LogP contribution in [0.3, 0.4) is 0 Å². The maximum atomic E-state index is 12.3. The summed E-state index contributed by atoms with van der Waals surface area (Å²) in [5.74, 6) is 0.268. The van der Waals surface area contributed by atoms with Gasteiger partial charge in [0.2, 0.25) is 0 Å². The Balaban J connectivity index is 2.06. The minimum atomic E-state index is -0.670. The van der Waals surface area contributed by atoms with E-state index in [-0.39, 0.29) is 18.6 Å². The monoisotopic (exact) mass is 274 g/mol. The van der Waals surface area contributed by atoms with Crippen molar-refractivity contribution in [3.63, 3.8) is 0 Å². The van der Waals surface area contributed by atoms with Gasteiger partial charge in [-0.05, 0) is 31.9 Å². The van der Waals surface area contributed by atoms with Crippen LogP contribution < -0.4 is 4.74 Å². The van der Waals surface area contributed by atoms with Crippen LogP contribution in [-0.2, 0) is 4.79 Å². The molecule has 0 radical (unpaired) electrons. The van der Waals surface area contributed by atoms with E-state index in [0.29, 0.717) is 17.9 Å². The van der Waals surface area contributed by atoms with Gasteiger partial charge in [-0.1, -0.05) is 12.1 Å². The molecule has 1 heterocycles. The molecule has 2 atom stereocenters. The van der Waals surface area contributed by atoms with E-state index in [1.165, 1.54) is 0 Å². The molecule has 2 rings (SSSR count). The van der Waals surface area contributed by atoms with Gasteiger partial charge >= 0.3 is 0 Å². The summed E-state index contributed by atoms with van der Waals surface area (Å²) in [5, 5.41) is 18.3. The second-order valence-electron chi connectivity index (χ2n) is 4.88. The van der Waals surface area contributed by atoms with Crippen molar-refractivity contribution < 1.29 is 14.6 Å². The second-order valence-corrected chi connectivity index (χ2v) is 4.88. The van der Waals surface area contributed by atoms with E-state index in [1.54, 1.807) is 36.1 Å². The number of benzene rings is 1. The lowest BCUT2D eigenvalue weighted by atomic mass is 10.2. The molecule has 20 heavy (non-hydrogen) atoms. The molecule has 1 N–H and O–H groups in total. The predicted molar refractivity (Wildman–Crippen MR) is 73.1 cm³/mol. The first kappa shape index (κ1) is 14.4. The minimum absolute atomic E-state index is 0.0206. The molecule has 106 valence electrons. The second kappa shape index (κ2) is 6.40. The van der Waals surface area contributed by atoms with Crippen LogP contribution in [0.4, 0.5) is 0 Å². The summed E-state index contributed by atoms with van der Waals surface area (Å²) >= 11 is 0. The van der Waals surface area contributed by atoms with Gasteiger partial charge in [0.15, 0.2) is 6.10 Å².